The second-order valence-corrected chi connectivity index (χ2v) is 4.55. The molecule has 2 amide bonds. The average Bonchev–Trinajstić information content (AvgIpc) is 2.92. The van der Waals surface area contributed by atoms with Crippen LogP contribution in [0.2, 0.25) is 0 Å². The van der Waals surface area contributed by atoms with Crippen LogP contribution in [0.1, 0.15) is 29.9 Å². The van der Waals surface area contributed by atoms with Crippen molar-refractivity contribution in [2.75, 3.05) is 0 Å². The van der Waals surface area contributed by atoms with Crippen molar-refractivity contribution in [3.8, 4) is 0 Å². The first kappa shape index (κ1) is 13.2. The maximum absolute atomic E-state index is 11.7. The summed E-state index contributed by atoms with van der Waals surface area (Å²) < 4.78 is 5.23. The van der Waals surface area contributed by atoms with Crippen LogP contribution in [0.25, 0.3) is 0 Å². The zero-order valence-electron chi connectivity index (χ0n) is 11.1. The van der Waals surface area contributed by atoms with E-state index in [4.69, 9.17) is 4.42 Å². The van der Waals surface area contributed by atoms with Gasteiger partial charge in [-0.1, -0.05) is 29.8 Å². The SMILES string of the molecule is Cc1ccc(CNC(=O)NC(C)c2ccco2)cc1. The largest absolute Gasteiger partial charge is 0.467 e. The Morgan fingerprint density at radius 3 is 2.63 bits per heavy atom. The molecule has 1 unspecified atom stereocenters. The molecule has 0 radical (unpaired) electrons. The van der Waals surface area contributed by atoms with E-state index < -0.39 is 0 Å². The van der Waals surface area contributed by atoms with Crippen molar-refractivity contribution in [3.63, 3.8) is 0 Å². The van der Waals surface area contributed by atoms with Gasteiger partial charge in [-0.2, -0.15) is 0 Å². The Morgan fingerprint density at radius 2 is 2.00 bits per heavy atom. The zero-order valence-corrected chi connectivity index (χ0v) is 11.1. The molecule has 0 aliphatic carbocycles. The molecule has 2 aromatic rings. The van der Waals surface area contributed by atoms with Crippen LogP contribution in [-0.2, 0) is 6.54 Å². The summed E-state index contributed by atoms with van der Waals surface area (Å²) in [6.07, 6.45) is 1.59. The van der Waals surface area contributed by atoms with Crippen LogP contribution in [0.3, 0.4) is 0 Å². The third-order valence-corrected chi connectivity index (χ3v) is 2.89. The van der Waals surface area contributed by atoms with Gasteiger partial charge in [0.2, 0.25) is 0 Å². The summed E-state index contributed by atoms with van der Waals surface area (Å²) in [6.45, 7) is 4.43. The molecule has 19 heavy (non-hydrogen) atoms. The van der Waals surface area contributed by atoms with Crippen molar-refractivity contribution in [3.05, 3.63) is 59.5 Å². The molecule has 4 nitrogen and oxygen atoms in total. The first-order chi connectivity index (χ1) is 9.15. The van der Waals surface area contributed by atoms with Gasteiger partial charge < -0.3 is 15.1 Å². The predicted octanol–water partition coefficient (Wildman–Crippen LogP) is 3.15. The van der Waals surface area contributed by atoms with Crippen LogP contribution in [-0.4, -0.2) is 6.03 Å². The Bertz CT molecular complexity index is 518. The molecule has 1 atom stereocenters. The van der Waals surface area contributed by atoms with Gasteiger partial charge in [-0.15, -0.1) is 0 Å². The highest BCUT2D eigenvalue weighted by molar-refractivity contribution is 5.74. The maximum atomic E-state index is 11.7. The van der Waals surface area contributed by atoms with E-state index in [-0.39, 0.29) is 12.1 Å². The first-order valence-corrected chi connectivity index (χ1v) is 6.28. The molecule has 1 aromatic heterocycles. The highest BCUT2D eigenvalue weighted by Crippen LogP contribution is 2.11. The van der Waals surface area contributed by atoms with E-state index in [0.717, 1.165) is 11.3 Å². The number of hydrogen-bond acceptors (Lipinski definition) is 2. The second-order valence-electron chi connectivity index (χ2n) is 4.55. The molecule has 4 heteroatoms. The van der Waals surface area contributed by atoms with E-state index in [1.54, 1.807) is 12.3 Å². The van der Waals surface area contributed by atoms with E-state index in [1.807, 2.05) is 44.2 Å². The van der Waals surface area contributed by atoms with Crippen LogP contribution in [0.4, 0.5) is 4.79 Å². The number of carbonyl (C=O) groups excluding carboxylic acids is 1. The Labute approximate surface area is 112 Å². The Kier molecular flexibility index (Phi) is 4.23. The number of aryl methyl sites for hydroxylation is 1. The lowest BCUT2D eigenvalue weighted by molar-refractivity contribution is 0.235. The van der Waals surface area contributed by atoms with E-state index in [0.29, 0.717) is 6.54 Å². The lowest BCUT2D eigenvalue weighted by Crippen LogP contribution is -2.36. The summed E-state index contributed by atoms with van der Waals surface area (Å²) in [5.74, 6) is 0.741. The molecular weight excluding hydrogens is 240 g/mol. The molecule has 2 rings (SSSR count). The van der Waals surface area contributed by atoms with Gasteiger partial charge in [0, 0.05) is 6.54 Å². The molecule has 1 aromatic carbocycles. The number of carbonyl (C=O) groups is 1. The molecule has 0 fully saturated rings. The maximum Gasteiger partial charge on any atom is 0.315 e. The lowest BCUT2D eigenvalue weighted by Gasteiger charge is -2.12. The van der Waals surface area contributed by atoms with Gasteiger partial charge in [0.05, 0.1) is 12.3 Å². The monoisotopic (exact) mass is 258 g/mol. The Hall–Kier alpha value is -2.23. The van der Waals surface area contributed by atoms with E-state index in [2.05, 4.69) is 10.6 Å². The number of benzene rings is 1. The molecule has 0 saturated carbocycles. The van der Waals surface area contributed by atoms with Crippen molar-refractivity contribution >= 4 is 6.03 Å². The minimum atomic E-state index is -0.204. The molecule has 2 N–H and O–H groups in total. The normalized spacial score (nSPS) is 11.9. The van der Waals surface area contributed by atoms with E-state index >= 15 is 0 Å². The highest BCUT2D eigenvalue weighted by Gasteiger charge is 2.10. The van der Waals surface area contributed by atoms with E-state index in [1.165, 1.54) is 5.56 Å². The van der Waals surface area contributed by atoms with Gasteiger partial charge >= 0.3 is 6.03 Å². The van der Waals surface area contributed by atoms with Crippen LogP contribution in [0.5, 0.6) is 0 Å². The van der Waals surface area contributed by atoms with Crippen molar-refractivity contribution in [1.29, 1.82) is 0 Å². The van der Waals surface area contributed by atoms with Gasteiger partial charge in [-0.25, -0.2) is 4.79 Å². The van der Waals surface area contributed by atoms with Crippen molar-refractivity contribution in [2.45, 2.75) is 26.4 Å². The fourth-order valence-corrected chi connectivity index (χ4v) is 1.74. The van der Waals surface area contributed by atoms with Crippen molar-refractivity contribution < 1.29 is 9.21 Å². The minimum Gasteiger partial charge on any atom is -0.467 e. The molecule has 0 bridgehead atoms. The van der Waals surface area contributed by atoms with Crippen LogP contribution < -0.4 is 10.6 Å². The Balaban J connectivity index is 1.80. The van der Waals surface area contributed by atoms with Gasteiger partial charge in [0.15, 0.2) is 0 Å². The third kappa shape index (κ3) is 3.88. The van der Waals surface area contributed by atoms with Crippen LogP contribution in [0, 0.1) is 6.92 Å². The summed E-state index contributed by atoms with van der Waals surface area (Å²) in [4.78, 5) is 11.7. The number of furan rings is 1. The molecule has 0 aliphatic rings. The van der Waals surface area contributed by atoms with Gasteiger partial charge in [0.25, 0.3) is 0 Å². The summed E-state index contributed by atoms with van der Waals surface area (Å²) >= 11 is 0. The Morgan fingerprint density at radius 1 is 1.26 bits per heavy atom. The molecule has 1 heterocycles. The summed E-state index contributed by atoms with van der Waals surface area (Å²) in [5, 5.41) is 5.64. The van der Waals surface area contributed by atoms with Gasteiger partial charge in [-0.05, 0) is 31.5 Å². The molecule has 0 spiro atoms. The molecule has 0 aliphatic heterocycles. The fourth-order valence-electron chi connectivity index (χ4n) is 1.74. The van der Waals surface area contributed by atoms with Crippen molar-refractivity contribution in [2.24, 2.45) is 0 Å². The topological polar surface area (TPSA) is 54.3 Å². The van der Waals surface area contributed by atoms with E-state index in [9.17, 15) is 4.79 Å². The fraction of sp³-hybridized carbons (Fsp3) is 0.267. The molecular formula is C15H18N2O2. The number of hydrogen-bond donors (Lipinski definition) is 2. The third-order valence-electron chi connectivity index (χ3n) is 2.89. The standard InChI is InChI=1S/C15H18N2O2/c1-11-5-7-13(8-6-11)10-16-15(18)17-12(2)14-4-3-9-19-14/h3-9,12H,10H2,1-2H3,(H2,16,17,18). The molecule has 0 saturated heterocycles. The van der Waals surface area contributed by atoms with Gasteiger partial charge in [0.1, 0.15) is 5.76 Å². The number of amides is 2. The van der Waals surface area contributed by atoms with Crippen LogP contribution >= 0.6 is 0 Å². The zero-order chi connectivity index (χ0) is 13.7. The summed E-state index contributed by atoms with van der Waals surface area (Å²) in [7, 11) is 0. The first-order valence-electron chi connectivity index (χ1n) is 6.28. The smallest absolute Gasteiger partial charge is 0.315 e. The summed E-state index contributed by atoms with van der Waals surface area (Å²) in [6, 6.07) is 11.4. The summed E-state index contributed by atoms with van der Waals surface area (Å²) in [5.41, 5.74) is 2.28. The minimum absolute atomic E-state index is 0.145. The highest BCUT2D eigenvalue weighted by atomic mass is 16.3. The quantitative estimate of drug-likeness (QED) is 0.885. The number of nitrogens with one attached hydrogen (secondary N) is 2. The predicted molar refractivity (Wildman–Crippen MR) is 73.7 cm³/mol. The second kappa shape index (κ2) is 6.09. The lowest BCUT2D eigenvalue weighted by atomic mass is 10.1. The van der Waals surface area contributed by atoms with Crippen LogP contribution in [0.15, 0.2) is 47.1 Å². The average molecular weight is 258 g/mol. The van der Waals surface area contributed by atoms with Gasteiger partial charge in [-0.3, -0.25) is 0 Å². The number of urea groups is 1. The number of rotatable bonds is 4. The van der Waals surface area contributed by atoms with Crippen molar-refractivity contribution in [1.82, 2.24) is 10.6 Å². The molecule has 100 valence electrons.